The van der Waals surface area contributed by atoms with E-state index < -0.39 is 24.3 Å². The molecule has 0 aliphatic heterocycles. The topological polar surface area (TPSA) is 58.6 Å². The van der Waals surface area contributed by atoms with Crippen LogP contribution in [-0.4, -0.2) is 36.9 Å². The quantitative estimate of drug-likeness (QED) is 0.778. The first-order valence-corrected chi connectivity index (χ1v) is 8.62. The van der Waals surface area contributed by atoms with Gasteiger partial charge in [0.2, 0.25) is 5.91 Å². The van der Waals surface area contributed by atoms with E-state index in [2.05, 4.69) is 5.32 Å². The molecule has 1 N–H and O–H groups in total. The standard InChI is InChI=1S/C20H21F3N2O3/c1-3-14-7-4-5-10-17(14)24-18(26)12-25(2)19(27)13-28-16-9-6-8-15(11-16)20(21,22)23/h4-11H,3,12-13H2,1-2H3,(H,24,26). The van der Waals surface area contributed by atoms with Crippen molar-refractivity contribution in [2.75, 3.05) is 25.5 Å². The Labute approximate surface area is 161 Å². The van der Waals surface area contributed by atoms with Crippen molar-refractivity contribution < 1.29 is 27.5 Å². The lowest BCUT2D eigenvalue weighted by Crippen LogP contribution is -2.37. The summed E-state index contributed by atoms with van der Waals surface area (Å²) in [5, 5.41) is 2.75. The van der Waals surface area contributed by atoms with Crippen molar-refractivity contribution in [1.82, 2.24) is 4.90 Å². The molecule has 0 aliphatic rings. The van der Waals surface area contributed by atoms with Crippen LogP contribution in [0.4, 0.5) is 18.9 Å². The van der Waals surface area contributed by atoms with Gasteiger partial charge in [-0.2, -0.15) is 13.2 Å². The van der Waals surface area contributed by atoms with Crippen molar-refractivity contribution in [3.63, 3.8) is 0 Å². The number of aryl methyl sites for hydroxylation is 1. The van der Waals surface area contributed by atoms with Gasteiger partial charge in [-0.3, -0.25) is 9.59 Å². The van der Waals surface area contributed by atoms with Crippen LogP contribution >= 0.6 is 0 Å². The molecule has 0 saturated heterocycles. The average molecular weight is 394 g/mol. The van der Waals surface area contributed by atoms with Gasteiger partial charge >= 0.3 is 6.18 Å². The summed E-state index contributed by atoms with van der Waals surface area (Å²) >= 11 is 0. The number of halogens is 3. The molecule has 0 aromatic heterocycles. The van der Waals surface area contributed by atoms with Crippen LogP contribution in [0.1, 0.15) is 18.1 Å². The minimum Gasteiger partial charge on any atom is -0.484 e. The molecule has 0 fully saturated rings. The molecule has 28 heavy (non-hydrogen) atoms. The van der Waals surface area contributed by atoms with Crippen molar-refractivity contribution in [2.45, 2.75) is 19.5 Å². The predicted octanol–water partition coefficient (Wildman–Crippen LogP) is 3.74. The summed E-state index contributed by atoms with van der Waals surface area (Å²) in [4.78, 5) is 25.4. The minimum atomic E-state index is -4.49. The van der Waals surface area contributed by atoms with E-state index in [9.17, 15) is 22.8 Å². The van der Waals surface area contributed by atoms with E-state index in [0.717, 1.165) is 29.0 Å². The maximum atomic E-state index is 12.7. The van der Waals surface area contributed by atoms with Crippen LogP contribution in [0.2, 0.25) is 0 Å². The summed E-state index contributed by atoms with van der Waals surface area (Å²) in [6.07, 6.45) is -3.75. The molecular formula is C20H21F3N2O3. The zero-order valence-corrected chi connectivity index (χ0v) is 15.5. The van der Waals surface area contributed by atoms with Crippen LogP contribution in [0, 0.1) is 0 Å². The van der Waals surface area contributed by atoms with E-state index in [-0.39, 0.29) is 18.2 Å². The van der Waals surface area contributed by atoms with E-state index in [0.29, 0.717) is 5.69 Å². The molecule has 2 rings (SSSR count). The fraction of sp³-hybridized carbons (Fsp3) is 0.300. The molecule has 5 nitrogen and oxygen atoms in total. The largest absolute Gasteiger partial charge is 0.484 e. The maximum Gasteiger partial charge on any atom is 0.416 e. The Morgan fingerprint density at radius 3 is 2.50 bits per heavy atom. The van der Waals surface area contributed by atoms with Gasteiger partial charge in [0, 0.05) is 12.7 Å². The highest BCUT2D eigenvalue weighted by Crippen LogP contribution is 2.31. The molecule has 8 heteroatoms. The van der Waals surface area contributed by atoms with Crippen LogP contribution in [0.25, 0.3) is 0 Å². The monoisotopic (exact) mass is 394 g/mol. The third-order valence-corrected chi connectivity index (χ3v) is 4.00. The summed E-state index contributed by atoms with van der Waals surface area (Å²) in [6, 6.07) is 11.6. The Bertz CT molecular complexity index is 837. The van der Waals surface area contributed by atoms with Crippen molar-refractivity contribution >= 4 is 17.5 Å². The highest BCUT2D eigenvalue weighted by molar-refractivity contribution is 5.95. The van der Waals surface area contributed by atoms with Crippen molar-refractivity contribution in [1.29, 1.82) is 0 Å². The molecule has 2 aromatic carbocycles. The van der Waals surface area contributed by atoms with E-state index in [1.165, 1.54) is 19.2 Å². The molecule has 0 saturated carbocycles. The summed E-state index contributed by atoms with van der Waals surface area (Å²) in [6.45, 7) is 1.28. The second-order valence-electron chi connectivity index (χ2n) is 6.12. The number of hydrogen-bond donors (Lipinski definition) is 1. The molecule has 0 atom stereocenters. The highest BCUT2D eigenvalue weighted by atomic mass is 19.4. The summed E-state index contributed by atoms with van der Waals surface area (Å²) < 4.78 is 43.2. The van der Waals surface area contributed by atoms with Gasteiger partial charge in [-0.05, 0) is 36.2 Å². The highest BCUT2D eigenvalue weighted by Gasteiger charge is 2.30. The number of anilines is 1. The minimum absolute atomic E-state index is 0.0714. The van der Waals surface area contributed by atoms with Crippen LogP contribution in [-0.2, 0) is 22.2 Å². The fourth-order valence-electron chi connectivity index (χ4n) is 2.46. The number of hydrogen-bond acceptors (Lipinski definition) is 3. The lowest BCUT2D eigenvalue weighted by molar-refractivity contribution is -0.137. The third kappa shape index (κ3) is 6.00. The third-order valence-electron chi connectivity index (χ3n) is 4.00. The number of benzene rings is 2. The molecular weight excluding hydrogens is 373 g/mol. The molecule has 2 aromatic rings. The summed E-state index contributed by atoms with van der Waals surface area (Å²) in [5.74, 6) is -0.981. The number of ether oxygens (including phenoxy) is 1. The van der Waals surface area contributed by atoms with E-state index in [1.807, 2.05) is 19.1 Å². The zero-order valence-electron chi connectivity index (χ0n) is 15.5. The van der Waals surface area contributed by atoms with Gasteiger partial charge in [-0.15, -0.1) is 0 Å². The summed E-state index contributed by atoms with van der Waals surface area (Å²) in [7, 11) is 1.42. The van der Waals surface area contributed by atoms with Gasteiger partial charge in [0.25, 0.3) is 5.91 Å². The van der Waals surface area contributed by atoms with Crippen molar-refractivity contribution in [3.8, 4) is 5.75 Å². The molecule has 0 aliphatic carbocycles. The number of nitrogens with one attached hydrogen (secondary N) is 1. The molecule has 2 amide bonds. The Balaban J connectivity index is 1.88. The molecule has 0 radical (unpaired) electrons. The molecule has 0 spiro atoms. The van der Waals surface area contributed by atoms with Crippen molar-refractivity contribution in [2.24, 2.45) is 0 Å². The predicted molar refractivity (Wildman–Crippen MR) is 99.0 cm³/mol. The number of nitrogens with zero attached hydrogens (tertiary/aromatic N) is 1. The normalized spacial score (nSPS) is 11.0. The van der Waals surface area contributed by atoms with Crippen molar-refractivity contribution in [3.05, 3.63) is 59.7 Å². The SMILES string of the molecule is CCc1ccccc1NC(=O)CN(C)C(=O)COc1cccc(C(F)(F)F)c1. The van der Waals surface area contributed by atoms with Gasteiger partial charge in [0.05, 0.1) is 12.1 Å². The first kappa shape index (κ1) is 21.3. The maximum absolute atomic E-state index is 12.7. The number of carbonyl (C=O) groups is 2. The van der Waals surface area contributed by atoms with Crippen LogP contribution in [0.15, 0.2) is 48.5 Å². The Hall–Kier alpha value is -3.03. The Morgan fingerprint density at radius 2 is 1.82 bits per heavy atom. The molecule has 150 valence electrons. The first-order valence-electron chi connectivity index (χ1n) is 8.62. The Kier molecular flexibility index (Phi) is 7.03. The number of carbonyl (C=O) groups excluding carboxylic acids is 2. The number of para-hydroxylation sites is 1. The first-order chi connectivity index (χ1) is 13.2. The number of rotatable bonds is 7. The second-order valence-corrected chi connectivity index (χ2v) is 6.12. The van der Waals surface area contributed by atoms with Gasteiger partial charge in [0.15, 0.2) is 6.61 Å². The fourth-order valence-corrected chi connectivity index (χ4v) is 2.46. The molecule has 0 heterocycles. The Morgan fingerprint density at radius 1 is 1.11 bits per heavy atom. The smallest absolute Gasteiger partial charge is 0.416 e. The molecule has 0 bridgehead atoms. The van der Waals surface area contributed by atoms with E-state index >= 15 is 0 Å². The number of alkyl halides is 3. The number of likely N-dealkylation sites (N-methyl/N-ethyl adjacent to an activating group) is 1. The van der Waals surface area contributed by atoms with Crippen LogP contribution in [0.3, 0.4) is 0 Å². The lowest BCUT2D eigenvalue weighted by atomic mass is 10.1. The number of amides is 2. The van der Waals surface area contributed by atoms with E-state index in [4.69, 9.17) is 4.74 Å². The molecule has 0 unspecified atom stereocenters. The summed E-state index contributed by atoms with van der Waals surface area (Å²) in [5.41, 5.74) is 0.786. The van der Waals surface area contributed by atoms with Gasteiger partial charge < -0.3 is 15.0 Å². The van der Waals surface area contributed by atoms with Gasteiger partial charge in [-0.25, -0.2) is 0 Å². The second kappa shape index (κ2) is 9.25. The van der Waals surface area contributed by atoms with Crippen LogP contribution < -0.4 is 10.1 Å². The zero-order chi connectivity index (χ0) is 20.7. The van der Waals surface area contributed by atoms with Crippen LogP contribution in [0.5, 0.6) is 5.75 Å². The average Bonchev–Trinajstić information content (AvgIpc) is 2.66. The van der Waals surface area contributed by atoms with E-state index in [1.54, 1.807) is 12.1 Å². The van der Waals surface area contributed by atoms with Gasteiger partial charge in [0.1, 0.15) is 5.75 Å². The lowest BCUT2D eigenvalue weighted by Gasteiger charge is -2.18. The van der Waals surface area contributed by atoms with Gasteiger partial charge in [-0.1, -0.05) is 31.2 Å².